The summed E-state index contributed by atoms with van der Waals surface area (Å²) in [5.41, 5.74) is 0. The fraction of sp³-hybridized carbons (Fsp3) is 0. The maximum atomic E-state index is 9.85. The van der Waals surface area contributed by atoms with Gasteiger partial charge in [0.25, 0.3) is 0 Å². The van der Waals surface area contributed by atoms with E-state index in [0.717, 1.165) is 0 Å². The zero-order valence-electron chi connectivity index (χ0n) is 5.23. The van der Waals surface area contributed by atoms with Crippen LogP contribution in [0.25, 0.3) is 0 Å². The Morgan fingerprint density at radius 3 is 2.30 bits per heavy atom. The van der Waals surface area contributed by atoms with E-state index in [9.17, 15) is 4.57 Å². The standard InChI is InChI=1S/C6H5O2P.La/c7-9-8-6-4-2-1-3-5-6;/h1-5H;. The Labute approximate surface area is 88.9 Å². The molecule has 10 heavy (non-hydrogen) atoms. The molecule has 1 rings (SSSR count). The predicted octanol–water partition coefficient (Wildman–Crippen LogP) is 2.27. The minimum atomic E-state index is -0.305. The molecule has 0 saturated heterocycles. The zero-order chi connectivity index (χ0) is 6.53. The van der Waals surface area contributed by atoms with Crippen molar-refractivity contribution in [1.82, 2.24) is 0 Å². The molecule has 0 bridgehead atoms. The van der Waals surface area contributed by atoms with E-state index >= 15 is 0 Å². The van der Waals surface area contributed by atoms with Crippen molar-refractivity contribution in [3.8, 4) is 5.75 Å². The first-order valence-corrected chi connectivity index (χ1v) is 3.21. The van der Waals surface area contributed by atoms with Gasteiger partial charge in [0.05, 0.1) is 0 Å². The third-order valence-corrected chi connectivity index (χ3v) is 1.17. The van der Waals surface area contributed by atoms with Crippen LogP contribution in [0.5, 0.6) is 5.75 Å². The maximum absolute atomic E-state index is 9.85. The van der Waals surface area contributed by atoms with E-state index in [0.29, 0.717) is 5.75 Å². The van der Waals surface area contributed by atoms with Gasteiger partial charge in [0, 0.05) is 35.6 Å². The van der Waals surface area contributed by atoms with Crippen LogP contribution in [-0.4, -0.2) is 0 Å². The van der Waals surface area contributed by atoms with Crippen LogP contribution in [0.15, 0.2) is 30.3 Å². The van der Waals surface area contributed by atoms with Crippen molar-refractivity contribution in [1.29, 1.82) is 0 Å². The van der Waals surface area contributed by atoms with E-state index in [-0.39, 0.29) is 44.3 Å². The summed E-state index contributed by atoms with van der Waals surface area (Å²) in [6.07, 6.45) is 0. The average Bonchev–Trinajstić information content (AvgIpc) is 1.91. The van der Waals surface area contributed by atoms with Crippen molar-refractivity contribution in [3.05, 3.63) is 30.3 Å². The van der Waals surface area contributed by atoms with Crippen LogP contribution in [0.4, 0.5) is 0 Å². The molecule has 0 amide bonds. The fourth-order valence-corrected chi connectivity index (χ4v) is 0.732. The molecule has 0 aliphatic carbocycles. The van der Waals surface area contributed by atoms with Crippen LogP contribution >= 0.6 is 8.69 Å². The number of hydrogen-bond acceptors (Lipinski definition) is 2. The van der Waals surface area contributed by atoms with Gasteiger partial charge in [-0.2, -0.15) is 0 Å². The monoisotopic (exact) mass is 279 g/mol. The van der Waals surface area contributed by atoms with Crippen LogP contribution < -0.4 is 4.52 Å². The number of hydrogen-bond donors (Lipinski definition) is 0. The van der Waals surface area contributed by atoms with Gasteiger partial charge in [-0.3, -0.25) is 0 Å². The van der Waals surface area contributed by atoms with Crippen molar-refractivity contribution in [3.63, 3.8) is 0 Å². The predicted molar refractivity (Wildman–Crippen MR) is 34.7 cm³/mol. The second-order valence-electron chi connectivity index (χ2n) is 1.48. The van der Waals surface area contributed by atoms with Crippen LogP contribution in [0.3, 0.4) is 0 Å². The van der Waals surface area contributed by atoms with E-state index < -0.39 is 0 Å². The second-order valence-corrected chi connectivity index (χ2v) is 1.81. The van der Waals surface area contributed by atoms with Crippen molar-refractivity contribution in [2.75, 3.05) is 0 Å². The summed E-state index contributed by atoms with van der Waals surface area (Å²) in [4.78, 5) is 0. The van der Waals surface area contributed by atoms with E-state index in [2.05, 4.69) is 4.52 Å². The third-order valence-electron chi connectivity index (χ3n) is 0.886. The fourth-order valence-electron chi connectivity index (χ4n) is 0.524. The van der Waals surface area contributed by atoms with Crippen LogP contribution in [0.1, 0.15) is 0 Å². The molecule has 0 atom stereocenters. The summed E-state index contributed by atoms with van der Waals surface area (Å²) in [7, 11) is -0.305. The maximum Gasteiger partial charge on any atom is 0.395 e. The van der Waals surface area contributed by atoms with Crippen molar-refractivity contribution in [2.45, 2.75) is 0 Å². The molecule has 2 nitrogen and oxygen atoms in total. The molecule has 0 fully saturated rings. The molecular formula is C6H5LaO2P. The van der Waals surface area contributed by atoms with Crippen molar-refractivity contribution in [2.24, 2.45) is 0 Å². The molecule has 49 valence electrons. The molecule has 0 N–H and O–H groups in total. The Morgan fingerprint density at radius 1 is 1.20 bits per heavy atom. The Kier molecular flexibility index (Phi) is 6.24. The first-order valence-electron chi connectivity index (χ1n) is 2.48. The van der Waals surface area contributed by atoms with E-state index in [4.69, 9.17) is 0 Å². The summed E-state index contributed by atoms with van der Waals surface area (Å²) in [5, 5.41) is 0. The average molecular weight is 279 g/mol. The van der Waals surface area contributed by atoms with Crippen LogP contribution in [0, 0.1) is 35.6 Å². The smallest absolute Gasteiger partial charge is 0.395 e. The molecule has 1 radical (unpaired) electrons. The van der Waals surface area contributed by atoms with Crippen LogP contribution in [-0.2, 0) is 4.57 Å². The van der Waals surface area contributed by atoms with Gasteiger partial charge >= 0.3 is 8.69 Å². The summed E-state index contributed by atoms with van der Waals surface area (Å²) in [5.74, 6) is 0.620. The summed E-state index contributed by atoms with van der Waals surface area (Å²) in [6, 6.07) is 8.99. The van der Waals surface area contributed by atoms with E-state index in [1.54, 1.807) is 12.1 Å². The van der Waals surface area contributed by atoms with E-state index in [1.165, 1.54) is 0 Å². The van der Waals surface area contributed by atoms with E-state index in [1.807, 2.05) is 18.2 Å². The van der Waals surface area contributed by atoms with Gasteiger partial charge in [0.2, 0.25) is 0 Å². The summed E-state index contributed by atoms with van der Waals surface area (Å²) >= 11 is 0. The Balaban J connectivity index is 0.000000810. The minimum Gasteiger partial charge on any atom is -0.408 e. The number of benzene rings is 1. The van der Waals surface area contributed by atoms with Gasteiger partial charge in [0.15, 0.2) is 0 Å². The molecule has 1 aromatic carbocycles. The topological polar surface area (TPSA) is 26.3 Å². The second kappa shape index (κ2) is 6.05. The first kappa shape index (κ1) is 10.3. The van der Waals surface area contributed by atoms with Crippen molar-refractivity contribution >= 4 is 8.69 Å². The Morgan fingerprint density at radius 2 is 1.80 bits per heavy atom. The van der Waals surface area contributed by atoms with Gasteiger partial charge in [-0.1, -0.05) is 18.2 Å². The quantitative estimate of drug-likeness (QED) is 0.776. The Hall–Kier alpha value is 0.315. The summed E-state index contributed by atoms with van der Waals surface area (Å²) in [6.45, 7) is 0. The molecule has 0 aliphatic rings. The largest absolute Gasteiger partial charge is 0.408 e. The van der Waals surface area contributed by atoms with Gasteiger partial charge in [-0.05, 0) is 12.1 Å². The molecular weight excluding hydrogens is 274 g/mol. The molecule has 0 unspecified atom stereocenters. The normalized spacial score (nSPS) is 8.40. The van der Waals surface area contributed by atoms with Gasteiger partial charge in [-0.25, -0.2) is 4.57 Å². The molecule has 0 aliphatic heterocycles. The third kappa shape index (κ3) is 3.48. The zero-order valence-corrected chi connectivity index (χ0v) is 9.75. The van der Waals surface area contributed by atoms with Crippen molar-refractivity contribution < 1.29 is 44.7 Å². The van der Waals surface area contributed by atoms with Gasteiger partial charge in [0.1, 0.15) is 5.75 Å². The van der Waals surface area contributed by atoms with Gasteiger partial charge < -0.3 is 4.52 Å². The number of rotatable bonds is 2. The molecule has 0 aromatic heterocycles. The molecule has 1 aromatic rings. The molecule has 0 heterocycles. The number of para-hydroxylation sites is 1. The van der Waals surface area contributed by atoms with Crippen LogP contribution in [0.2, 0.25) is 0 Å². The minimum absolute atomic E-state index is 0. The Bertz CT molecular complexity index is 190. The first-order chi connectivity index (χ1) is 4.43. The molecule has 0 saturated carbocycles. The van der Waals surface area contributed by atoms with Gasteiger partial charge in [-0.15, -0.1) is 0 Å². The molecule has 0 spiro atoms. The summed E-state index contributed by atoms with van der Waals surface area (Å²) < 4.78 is 14.5. The SMILES string of the molecule is O=POc1ccccc1.[La]. The molecule has 4 heteroatoms.